The van der Waals surface area contributed by atoms with Crippen LogP contribution in [0, 0.1) is 5.82 Å². The third kappa shape index (κ3) is 4.80. The number of hydrogen-bond donors (Lipinski definition) is 2. The number of nitrogens with one attached hydrogen (secondary N) is 2. The second kappa shape index (κ2) is 8.73. The molecule has 2 aromatic carbocycles. The zero-order valence-corrected chi connectivity index (χ0v) is 16.0. The Kier molecular flexibility index (Phi) is 5.69. The molecule has 30 heavy (non-hydrogen) atoms. The molecule has 0 aliphatic carbocycles. The zero-order valence-electron chi connectivity index (χ0n) is 16.0. The van der Waals surface area contributed by atoms with Gasteiger partial charge in [0.05, 0.1) is 6.54 Å². The monoisotopic (exact) mass is 409 g/mol. The van der Waals surface area contributed by atoms with Gasteiger partial charge in [-0.15, -0.1) is 0 Å². The first-order valence-corrected chi connectivity index (χ1v) is 9.51. The van der Waals surface area contributed by atoms with Crippen LogP contribution in [-0.4, -0.2) is 33.5 Å². The highest BCUT2D eigenvalue weighted by Crippen LogP contribution is 2.27. The van der Waals surface area contributed by atoms with Crippen molar-refractivity contribution >= 4 is 17.6 Å². The largest absolute Gasteiger partial charge is 0.338 e. The topological polar surface area (TPSA) is 100 Å². The molecule has 1 aromatic heterocycles. The van der Waals surface area contributed by atoms with E-state index in [2.05, 4.69) is 20.8 Å². The summed E-state index contributed by atoms with van der Waals surface area (Å²) in [6, 6.07) is 14.7. The molecule has 3 amide bonds. The van der Waals surface area contributed by atoms with Crippen molar-refractivity contribution in [3.8, 4) is 0 Å². The summed E-state index contributed by atoms with van der Waals surface area (Å²) in [4.78, 5) is 30.3. The van der Waals surface area contributed by atoms with E-state index in [4.69, 9.17) is 4.52 Å². The summed E-state index contributed by atoms with van der Waals surface area (Å²) in [5, 5.41) is 9.31. The molecule has 4 rings (SSSR count). The maximum atomic E-state index is 13.0. The van der Waals surface area contributed by atoms with E-state index in [1.807, 2.05) is 18.2 Å². The number of benzene rings is 2. The number of hydrogen-bond acceptors (Lipinski definition) is 5. The third-order valence-electron chi connectivity index (χ3n) is 4.78. The number of carbonyl (C=O) groups excluding carboxylic acids is 2. The molecule has 0 saturated carbocycles. The summed E-state index contributed by atoms with van der Waals surface area (Å²) in [5.41, 5.74) is 1.53. The fraction of sp³-hybridized carbons (Fsp3) is 0.238. The fourth-order valence-electron chi connectivity index (χ4n) is 3.27. The van der Waals surface area contributed by atoms with Gasteiger partial charge in [-0.2, -0.15) is 4.98 Å². The number of rotatable bonds is 6. The third-order valence-corrected chi connectivity index (χ3v) is 4.78. The molecule has 9 heteroatoms. The van der Waals surface area contributed by atoms with Gasteiger partial charge >= 0.3 is 6.03 Å². The predicted molar refractivity (Wildman–Crippen MR) is 106 cm³/mol. The Hall–Kier alpha value is -3.75. The van der Waals surface area contributed by atoms with Crippen molar-refractivity contribution in [2.24, 2.45) is 0 Å². The number of halogens is 1. The average molecular weight is 409 g/mol. The van der Waals surface area contributed by atoms with E-state index >= 15 is 0 Å². The first kappa shape index (κ1) is 19.6. The summed E-state index contributed by atoms with van der Waals surface area (Å²) in [5.74, 6) is 0.183. The van der Waals surface area contributed by atoms with E-state index in [-0.39, 0.29) is 42.5 Å². The lowest BCUT2D eigenvalue weighted by atomic mass is 10.1. The van der Waals surface area contributed by atoms with Crippen molar-refractivity contribution in [3.05, 3.63) is 77.7 Å². The lowest BCUT2D eigenvalue weighted by molar-refractivity contribution is -0.128. The number of aromatic nitrogens is 2. The minimum Gasteiger partial charge on any atom is -0.338 e. The highest BCUT2D eigenvalue weighted by atomic mass is 19.1. The van der Waals surface area contributed by atoms with Crippen LogP contribution in [-0.2, 0) is 17.9 Å². The van der Waals surface area contributed by atoms with Crippen LogP contribution in [0.1, 0.15) is 29.6 Å². The Balaban J connectivity index is 1.30. The van der Waals surface area contributed by atoms with Crippen molar-refractivity contribution in [1.82, 2.24) is 20.4 Å². The van der Waals surface area contributed by atoms with Gasteiger partial charge in [-0.3, -0.25) is 4.79 Å². The number of likely N-dealkylation sites (tertiary alicyclic amines) is 1. The second-order valence-corrected chi connectivity index (χ2v) is 7.02. The Morgan fingerprint density at radius 3 is 2.70 bits per heavy atom. The Bertz CT molecular complexity index is 1020. The number of carbonyl (C=O) groups is 2. The van der Waals surface area contributed by atoms with Gasteiger partial charge in [-0.1, -0.05) is 35.5 Å². The maximum Gasteiger partial charge on any atom is 0.319 e. The van der Waals surface area contributed by atoms with Crippen LogP contribution in [0.5, 0.6) is 0 Å². The number of para-hydroxylation sites is 1. The minimum atomic E-state index is -0.387. The number of anilines is 1. The van der Waals surface area contributed by atoms with Crippen molar-refractivity contribution in [1.29, 1.82) is 0 Å². The summed E-state index contributed by atoms with van der Waals surface area (Å²) < 4.78 is 18.3. The summed E-state index contributed by atoms with van der Waals surface area (Å²) in [6.45, 7) is 0.935. The van der Waals surface area contributed by atoms with Crippen molar-refractivity contribution in [2.45, 2.75) is 25.4 Å². The molecule has 2 heterocycles. The Morgan fingerprint density at radius 2 is 1.93 bits per heavy atom. The molecule has 1 aliphatic heterocycles. The van der Waals surface area contributed by atoms with Crippen LogP contribution >= 0.6 is 0 Å². The van der Waals surface area contributed by atoms with Gasteiger partial charge in [0.1, 0.15) is 5.82 Å². The SMILES string of the molecule is O=C(NCc1nc(C2CC(=O)N(Cc3ccc(F)cc3)C2)no1)Nc1ccccc1. The van der Waals surface area contributed by atoms with Gasteiger partial charge in [0.25, 0.3) is 0 Å². The molecular weight excluding hydrogens is 389 g/mol. The van der Waals surface area contributed by atoms with Crippen molar-refractivity contribution in [2.75, 3.05) is 11.9 Å². The van der Waals surface area contributed by atoms with E-state index in [0.29, 0.717) is 24.6 Å². The second-order valence-electron chi connectivity index (χ2n) is 7.02. The van der Waals surface area contributed by atoms with Gasteiger partial charge in [-0.25, -0.2) is 9.18 Å². The van der Waals surface area contributed by atoms with Crippen molar-refractivity contribution < 1.29 is 18.5 Å². The van der Waals surface area contributed by atoms with E-state index in [9.17, 15) is 14.0 Å². The molecule has 1 fully saturated rings. The van der Waals surface area contributed by atoms with Crippen LogP contribution in [0.15, 0.2) is 59.1 Å². The average Bonchev–Trinajstić information content (AvgIpc) is 3.36. The minimum absolute atomic E-state index is 0.0176. The zero-order chi connectivity index (χ0) is 20.9. The lowest BCUT2D eigenvalue weighted by Crippen LogP contribution is -2.28. The predicted octanol–water partition coefficient (Wildman–Crippen LogP) is 3.05. The molecule has 0 spiro atoms. The molecule has 1 unspecified atom stereocenters. The van der Waals surface area contributed by atoms with Gasteiger partial charge in [0.2, 0.25) is 11.8 Å². The molecular formula is C21H20FN5O3. The van der Waals surface area contributed by atoms with Gasteiger partial charge < -0.3 is 20.1 Å². The van der Waals surface area contributed by atoms with Gasteiger partial charge in [0.15, 0.2) is 5.82 Å². The normalized spacial score (nSPS) is 16.0. The smallest absolute Gasteiger partial charge is 0.319 e. The van der Waals surface area contributed by atoms with Crippen LogP contribution in [0.25, 0.3) is 0 Å². The molecule has 1 saturated heterocycles. The van der Waals surface area contributed by atoms with Gasteiger partial charge in [-0.05, 0) is 29.8 Å². The number of urea groups is 1. The fourth-order valence-corrected chi connectivity index (χ4v) is 3.27. The first-order valence-electron chi connectivity index (χ1n) is 9.51. The number of amides is 3. The summed E-state index contributed by atoms with van der Waals surface area (Å²) in [7, 11) is 0. The molecule has 154 valence electrons. The highest BCUT2D eigenvalue weighted by molar-refractivity contribution is 5.89. The van der Waals surface area contributed by atoms with Gasteiger partial charge in [0, 0.05) is 31.1 Å². The molecule has 1 atom stereocenters. The Labute approximate surface area is 172 Å². The molecule has 0 radical (unpaired) electrons. The van der Waals surface area contributed by atoms with Crippen LogP contribution in [0.3, 0.4) is 0 Å². The first-order chi connectivity index (χ1) is 14.6. The molecule has 2 N–H and O–H groups in total. The quantitative estimate of drug-likeness (QED) is 0.652. The van der Waals surface area contributed by atoms with Crippen molar-refractivity contribution in [3.63, 3.8) is 0 Å². The number of nitrogens with zero attached hydrogens (tertiary/aromatic N) is 3. The lowest BCUT2D eigenvalue weighted by Gasteiger charge is -2.16. The molecule has 8 nitrogen and oxygen atoms in total. The Morgan fingerprint density at radius 1 is 1.17 bits per heavy atom. The van der Waals surface area contributed by atoms with Crippen LogP contribution in [0.2, 0.25) is 0 Å². The van der Waals surface area contributed by atoms with E-state index in [1.54, 1.807) is 29.2 Å². The van der Waals surface area contributed by atoms with E-state index in [1.165, 1.54) is 12.1 Å². The standard InChI is InChI=1S/C21H20FN5O3/c22-16-8-6-14(7-9-16)12-27-13-15(10-19(27)28)20-25-18(30-26-20)11-23-21(29)24-17-4-2-1-3-5-17/h1-9,15H,10-13H2,(H2,23,24,29). The van der Waals surface area contributed by atoms with Crippen LogP contribution in [0.4, 0.5) is 14.9 Å². The summed E-state index contributed by atoms with van der Waals surface area (Å²) in [6.07, 6.45) is 0.280. The van der Waals surface area contributed by atoms with E-state index < -0.39 is 0 Å². The summed E-state index contributed by atoms with van der Waals surface area (Å²) >= 11 is 0. The van der Waals surface area contributed by atoms with Crippen LogP contribution < -0.4 is 10.6 Å². The molecule has 0 bridgehead atoms. The molecule has 1 aliphatic rings. The van der Waals surface area contributed by atoms with E-state index in [0.717, 1.165) is 5.56 Å². The maximum absolute atomic E-state index is 13.0. The molecule has 3 aromatic rings. The highest BCUT2D eigenvalue weighted by Gasteiger charge is 2.33.